The van der Waals surface area contributed by atoms with Crippen LogP contribution < -0.4 is 0 Å². The van der Waals surface area contributed by atoms with E-state index in [1.807, 2.05) is 37.3 Å². The minimum atomic E-state index is -0.687. The summed E-state index contributed by atoms with van der Waals surface area (Å²) in [4.78, 5) is 4.61. The fourth-order valence-corrected chi connectivity index (χ4v) is 3.13. The molecular formula is C22H16FNO2. The molecule has 3 aromatic carbocycles. The maximum Gasteiger partial charge on any atom is 0.165 e. The van der Waals surface area contributed by atoms with Crippen LogP contribution in [0.25, 0.3) is 33.3 Å². The Morgan fingerprint density at radius 3 is 2.42 bits per heavy atom. The molecule has 0 radical (unpaired) electrons. The Bertz CT molecular complexity index is 1140. The van der Waals surface area contributed by atoms with E-state index < -0.39 is 11.6 Å². The second kappa shape index (κ2) is 6.15. The van der Waals surface area contributed by atoms with Crippen LogP contribution in [-0.2, 0) is 0 Å². The Kier molecular flexibility index (Phi) is 3.81. The Hall–Kier alpha value is -3.40. The highest BCUT2D eigenvalue weighted by Gasteiger charge is 2.13. The fourth-order valence-electron chi connectivity index (χ4n) is 3.13. The van der Waals surface area contributed by atoms with Gasteiger partial charge in [-0.1, -0.05) is 24.3 Å². The van der Waals surface area contributed by atoms with Crippen molar-refractivity contribution in [1.29, 1.82) is 0 Å². The Labute approximate surface area is 150 Å². The average Bonchev–Trinajstić information content (AvgIpc) is 2.64. The minimum Gasteiger partial charge on any atom is -0.508 e. The normalized spacial score (nSPS) is 11.0. The van der Waals surface area contributed by atoms with E-state index in [4.69, 9.17) is 0 Å². The van der Waals surface area contributed by atoms with Crippen molar-refractivity contribution >= 4 is 10.9 Å². The number of hydrogen-bond acceptors (Lipinski definition) is 3. The predicted molar refractivity (Wildman–Crippen MR) is 101 cm³/mol. The lowest BCUT2D eigenvalue weighted by atomic mass is 9.95. The first kappa shape index (κ1) is 16.1. The summed E-state index contributed by atoms with van der Waals surface area (Å²) in [5.74, 6) is -0.913. The molecule has 2 N–H and O–H groups in total. The van der Waals surface area contributed by atoms with Gasteiger partial charge in [-0.3, -0.25) is 0 Å². The number of hydrogen-bond donors (Lipinski definition) is 2. The Balaban J connectivity index is 2.04. The second-order valence-electron chi connectivity index (χ2n) is 6.24. The number of rotatable bonds is 2. The molecule has 4 heteroatoms. The molecule has 128 valence electrons. The summed E-state index contributed by atoms with van der Waals surface area (Å²) in [6.07, 6.45) is 0. The lowest BCUT2D eigenvalue weighted by Crippen LogP contribution is -1.92. The molecular weight excluding hydrogens is 329 g/mol. The van der Waals surface area contributed by atoms with Crippen molar-refractivity contribution in [3.05, 3.63) is 78.1 Å². The van der Waals surface area contributed by atoms with Crippen LogP contribution in [0.5, 0.6) is 11.5 Å². The fraction of sp³-hybridized carbons (Fsp3) is 0.0455. The van der Waals surface area contributed by atoms with Gasteiger partial charge < -0.3 is 10.2 Å². The van der Waals surface area contributed by atoms with Gasteiger partial charge in [0.1, 0.15) is 5.75 Å². The second-order valence-corrected chi connectivity index (χ2v) is 6.24. The first-order chi connectivity index (χ1) is 12.5. The lowest BCUT2D eigenvalue weighted by molar-refractivity contribution is 0.432. The average molecular weight is 345 g/mol. The highest BCUT2D eigenvalue weighted by Crippen LogP contribution is 2.35. The number of aromatic hydroxyl groups is 2. The molecule has 0 amide bonds. The van der Waals surface area contributed by atoms with Crippen LogP contribution in [-0.4, -0.2) is 15.2 Å². The van der Waals surface area contributed by atoms with E-state index in [1.54, 1.807) is 24.3 Å². The molecule has 0 unspecified atom stereocenters. The van der Waals surface area contributed by atoms with E-state index in [9.17, 15) is 14.6 Å². The number of phenolic OH excluding ortho intramolecular Hbond substituents is 2. The molecule has 0 spiro atoms. The van der Waals surface area contributed by atoms with Gasteiger partial charge in [-0.25, -0.2) is 9.37 Å². The number of phenols is 2. The summed E-state index contributed by atoms with van der Waals surface area (Å²) in [5.41, 5.74) is 4.89. The highest BCUT2D eigenvalue weighted by atomic mass is 19.1. The molecule has 4 aromatic rings. The Morgan fingerprint density at radius 2 is 1.65 bits per heavy atom. The van der Waals surface area contributed by atoms with Crippen LogP contribution in [0.4, 0.5) is 4.39 Å². The standard InChI is InChI=1S/C22H16FNO2/c1-13-4-2-3-5-16(13)17-12-21(14-6-9-22(26)19(23)10-14)24-20-8-7-15(25)11-18(17)20/h2-12,25-26H,1H3. The number of pyridine rings is 1. The van der Waals surface area contributed by atoms with Crippen LogP contribution >= 0.6 is 0 Å². The van der Waals surface area contributed by atoms with Crippen LogP contribution in [0.2, 0.25) is 0 Å². The molecule has 3 nitrogen and oxygen atoms in total. The van der Waals surface area contributed by atoms with Crippen molar-refractivity contribution in [3.63, 3.8) is 0 Å². The predicted octanol–water partition coefficient (Wildman–Crippen LogP) is 5.43. The molecule has 4 rings (SSSR count). The summed E-state index contributed by atoms with van der Waals surface area (Å²) >= 11 is 0. The van der Waals surface area contributed by atoms with E-state index in [1.165, 1.54) is 12.1 Å². The van der Waals surface area contributed by atoms with Gasteiger partial charge in [-0.05, 0) is 66.1 Å². The molecule has 0 fully saturated rings. The topological polar surface area (TPSA) is 53.4 Å². The SMILES string of the molecule is Cc1ccccc1-c1cc(-c2ccc(O)c(F)c2)nc2ccc(O)cc12. The van der Waals surface area contributed by atoms with Gasteiger partial charge in [0.2, 0.25) is 0 Å². The van der Waals surface area contributed by atoms with Gasteiger partial charge in [0, 0.05) is 10.9 Å². The zero-order chi connectivity index (χ0) is 18.3. The van der Waals surface area contributed by atoms with Gasteiger partial charge in [0.05, 0.1) is 11.2 Å². The molecule has 0 aliphatic carbocycles. The third-order valence-corrected chi connectivity index (χ3v) is 4.47. The molecule has 26 heavy (non-hydrogen) atoms. The largest absolute Gasteiger partial charge is 0.508 e. The molecule has 0 saturated heterocycles. The summed E-state index contributed by atoms with van der Waals surface area (Å²) < 4.78 is 13.8. The maximum atomic E-state index is 13.8. The molecule has 1 aromatic heterocycles. The molecule has 1 heterocycles. The van der Waals surface area contributed by atoms with Gasteiger partial charge in [0.15, 0.2) is 11.6 Å². The van der Waals surface area contributed by atoms with Crippen molar-refractivity contribution in [2.75, 3.05) is 0 Å². The zero-order valence-corrected chi connectivity index (χ0v) is 14.1. The molecule has 0 aliphatic rings. The quantitative estimate of drug-likeness (QED) is 0.509. The van der Waals surface area contributed by atoms with Crippen LogP contribution in [0.3, 0.4) is 0 Å². The van der Waals surface area contributed by atoms with E-state index in [0.29, 0.717) is 16.8 Å². The first-order valence-corrected chi connectivity index (χ1v) is 8.21. The van der Waals surface area contributed by atoms with Crippen molar-refractivity contribution in [2.24, 2.45) is 0 Å². The van der Waals surface area contributed by atoms with Crippen LogP contribution in [0, 0.1) is 12.7 Å². The van der Waals surface area contributed by atoms with Gasteiger partial charge in [-0.15, -0.1) is 0 Å². The lowest BCUT2D eigenvalue weighted by Gasteiger charge is -2.13. The highest BCUT2D eigenvalue weighted by molar-refractivity contribution is 5.98. The van der Waals surface area contributed by atoms with Crippen LogP contribution in [0.1, 0.15) is 5.56 Å². The molecule has 0 aliphatic heterocycles. The third-order valence-electron chi connectivity index (χ3n) is 4.47. The number of benzene rings is 3. The number of nitrogens with zero attached hydrogens (tertiary/aromatic N) is 1. The van der Waals surface area contributed by atoms with E-state index >= 15 is 0 Å². The van der Waals surface area contributed by atoms with Crippen molar-refractivity contribution < 1.29 is 14.6 Å². The third kappa shape index (κ3) is 2.75. The first-order valence-electron chi connectivity index (χ1n) is 8.21. The summed E-state index contributed by atoms with van der Waals surface area (Å²) in [5, 5.41) is 20.2. The van der Waals surface area contributed by atoms with Crippen LogP contribution in [0.15, 0.2) is 66.7 Å². The van der Waals surface area contributed by atoms with E-state index in [-0.39, 0.29) is 5.75 Å². The minimum absolute atomic E-state index is 0.164. The van der Waals surface area contributed by atoms with E-state index in [0.717, 1.165) is 22.1 Å². The van der Waals surface area contributed by atoms with Gasteiger partial charge in [0.25, 0.3) is 0 Å². The monoisotopic (exact) mass is 345 g/mol. The Morgan fingerprint density at radius 1 is 0.846 bits per heavy atom. The smallest absolute Gasteiger partial charge is 0.165 e. The van der Waals surface area contributed by atoms with Crippen molar-refractivity contribution in [1.82, 2.24) is 4.98 Å². The summed E-state index contributed by atoms with van der Waals surface area (Å²) in [6.45, 7) is 2.02. The molecule has 0 bridgehead atoms. The van der Waals surface area contributed by atoms with Gasteiger partial charge >= 0.3 is 0 Å². The van der Waals surface area contributed by atoms with E-state index in [2.05, 4.69) is 4.98 Å². The maximum absolute atomic E-state index is 13.8. The number of fused-ring (bicyclic) bond motifs is 1. The number of aryl methyl sites for hydroxylation is 1. The number of aromatic nitrogens is 1. The zero-order valence-electron chi connectivity index (χ0n) is 14.1. The summed E-state index contributed by atoms with van der Waals surface area (Å²) in [6, 6.07) is 19.1. The molecule has 0 saturated carbocycles. The van der Waals surface area contributed by atoms with Crippen molar-refractivity contribution in [2.45, 2.75) is 6.92 Å². The van der Waals surface area contributed by atoms with Gasteiger partial charge in [-0.2, -0.15) is 0 Å². The number of halogens is 1. The molecule has 0 atom stereocenters. The summed E-state index contributed by atoms with van der Waals surface area (Å²) in [7, 11) is 0. The van der Waals surface area contributed by atoms with Crippen molar-refractivity contribution in [3.8, 4) is 33.9 Å².